The molecule has 0 aromatic carbocycles. The van der Waals surface area contributed by atoms with Crippen molar-refractivity contribution in [1.82, 2.24) is 9.21 Å². The predicted molar refractivity (Wildman–Crippen MR) is 92.9 cm³/mol. The minimum absolute atomic E-state index is 0.0322. The number of morpholine rings is 1. The summed E-state index contributed by atoms with van der Waals surface area (Å²) in [6.45, 7) is 4.65. The number of rotatable bonds is 4. The van der Waals surface area contributed by atoms with Gasteiger partial charge in [0.1, 0.15) is 9.77 Å². The number of piperidine rings is 1. The van der Waals surface area contributed by atoms with Crippen molar-refractivity contribution < 1.29 is 17.9 Å². The van der Waals surface area contributed by atoms with Crippen molar-refractivity contribution in [3.05, 3.63) is 16.3 Å². The molecule has 0 spiro atoms. The van der Waals surface area contributed by atoms with Gasteiger partial charge < -0.3 is 9.64 Å². The summed E-state index contributed by atoms with van der Waals surface area (Å²) >= 11 is 1.21. The van der Waals surface area contributed by atoms with Gasteiger partial charge in [-0.25, -0.2) is 8.42 Å². The van der Waals surface area contributed by atoms with Crippen LogP contribution in [0.25, 0.3) is 0 Å². The normalized spacial score (nSPS) is 23.4. The maximum atomic E-state index is 12.9. The quantitative estimate of drug-likeness (QED) is 0.812. The first-order valence-electron chi connectivity index (χ1n) is 8.52. The number of amides is 1. The summed E-state index contributed by atoms with van der Waals surface area (Å²) in [6, 6.07) is 1.57. The number of carbonyl (C=O) groups excluding carboxylic acids is 1. The Bertz CT molecular complexity index is 680. The molecular weight excluding hydrogens is 348 g/mol. The Kier molecular flexibility index (Phi) is 5.59. The lowest BCUT2D eigenvalue weighted by Crippen LogP contribution is -2.45. The number of sulfonamides is 1. The van der Waals surface area contributed by atoms with Crippen LogP contribution in [-0.4, -0.2) is 62.4 Å². The third-order valence-corrected chi connectivity index (χ3v) is 7.61. The van der Waals surface area contributed by atoms with Crippen LogP contribution in [-0.2, 0) is 14.8 Å². The van der Waals surface area contributed by atoms with Crippen molar-refractivity contribution in [2.24, 2.45) is 0 Å². The van der Waals surface area contributed by atoms with Crippen LogP contribution in [0.4, 0.5) is 0 Å². The lowest BCUT2D eigenvalue weighted by molar-refractivity contribution is -0.0225. The van der Waals surface area contributed by atoms with Crippen molar-refractivity contribution in [3.8, 4) is 0 Å². The van der Waals surface area contributed by atoms with Crippen molar-refractivity contribution >= 4 is 27.3 Å². The van der Waals surface area contributed by atoms with E-state index in [4.69, 9.17) is 4.74 Å². The fraction of sp³-hybridized carbons (Fsp3) is 0.688. The van der Waals surface area contributed by atoms with E-state index < -0.39 is 10.0 Å². The highest BCUT2D eigenvalue weighted by Gasteiger charge is 2.33. The van der Waals surface area contributed by atoms with E-state index in [9.17, 15) is 13.2 Å². The summed E-state index contributed by atoms with van der Waals surface area (Å²) in [5.41, 5.74) is 0. The minimum Gasteiger partial charge on any atom is -0.375 e. The highest BCUT2D eigenvalue weighted by Crippen LogP contribution is 2.29. The zero-order chi connectivity index (χ0) is 17.2. The molecule has 134 valence electrons. The molecule has 3 rings (SSSR count). The summed E-state index contributed by atoms with van der Waals surface area (Å²) < 4.78 is 32.9. The average Bonchev–Trinajstić information content (AvgIpc) is 3.12. The van der Waals surface area contributed by atoms with Crippen LogP contribution < -0.4 is 0 Å². The van der Waals surface area contributed by atoms with Crippen LogP contribution in [0.5, 0.6) is 0 Å². The standard InChI is InChI=1S/C16H24N2O4S2/c1-2-13-12-17(9-10-22-13)16(19)15-14(6-11-23-15)24(20,21)18-7-4-3-5-8-18/h6,11,13H,2-5,7-10,12H2,1H3. The number of hydrogen-bond acceptors (Lipinski definition) is 5. The minimum atomic E-state index is -3.59. The topological polar surface area (TPSA) is 66.9 Å². The molecule has 2 fully saturated rings. The molecule has 1 amide bonds. The molecule has 24 heavy (non-hydrogen) atoms. The first kappa shape index (κ1) is 17.8. The van der Waals surface area contributed by atoms with E-state index in [-0.39, 0.29) is 16.9 Å². The summed E-state index contributed by atoms with van der Waals surface area (Å²) in [5.74, 6) is -0.192. The summed E-state index contributed by atoms with van der Waals surface area (Å²) in [6.07, 6.45) is 3.70. The smallest absolute Gasteiger partial charge is 0.265 e. The van der Waals surface area contributed by atoms with Crippen LogP contribution in [0.15, 0.2) is 16.3 Å². The molecule has 8 heteroatoms. The summed E-state index contributed by atoms with van der Waals surface area (Å²) in [7, 11) is -3.59. The lowest BCUT2D eigenvalue weighted by atomic mass is 10.2. The van der Waals surface area contributed by atoms with E-state index in [0.717, 1.165) is 25.7 Å². The molecule has 0 saturated carbocycles. The highest BCUT2D eigenvalue weighted by atomic mass is 32.2. The number of nitrogens with zero attached hydrogens (tertiary/aromatic N) is 2. The zero-order valence-corrected chi connectivity index (χ0v) is 15.6. The first-order chi connectivity index (χ1) is 11.5. The Hall–Kier alpha value is -0.960. The Morgan fingerprint density at radius 3 is 2.75 bits per heavy atom. The van der Waals surface area contributed by atoms with Gasteiger partial charge in [-0.1, -0.05) is 13.3 Å². The average molecular weight is 373 g/mol. The molecule has 1 atom stereocenters. The van der Waals surface area contributed by atoms with Crippen molar-refractivity contribution in [3.63, 3.8) is 0 Å². The molecule has 2 aliphatic rings. The number of thiophene rings is 1. The molecular formula is C16H24N2O4S2. The number of ether oxygens (including phenoxy) is 1. The second-order valence-corrected chi connectivity index (χ2v) is 9.05. The number of hydrogen-bond donors (Lipinski definition) is 0. The molecule has 0 bridgehead atoms. The van der Waals surface area contributed by atoms with Gasteiger partial charge in [0.25, 0.3) is 5.91 Å². The second-order valence-electron chi connectivity index (χ2n) is 6.23. The summed E-state index contributed by atoms with van der Waals surface area (Å²) in [5, 5.41) is 1.70. The van der Waals surface area contributed by atoms with E-state index >= 15 is 0 Å². The molecule has 1 unspecified atom stereocenters. The van der Waals surface area contributed by atoms with Crippen LogP contribution in [0.3, 0.4) is 0 Å². The molecule has 0 aliphatic carbocycles. The Morgan fingerprint density at radius 2 is 2.04 bits per heavy atom. The third-order valence-electron chi connectivity index (χ3n) is 4.64. The molecule has 6 nitrogen and oxygen atoms in total. The lowest BCUT2D eigenvalue weighted by Gasteiger charge is -2.32. The SMILES string of the molecule is CCC1CN(C(=O)c2sccc2S(=O)(=O)N2CCCCC2)CCO1. The van der Waals surface area contributed by atoms with E-state index in [2.05, 4.69) is 0 Å². The Labute approximate surface area is 147 Å². The van der Waals surface area contributed by atoms with E-state index in [1.165, 1.54) is 15.6 Å². The van der Waals surface area contributed by atoms with Gasteiger partial charge in [-0.05, 0) is 30.7 Å². The van der Waals surface area contributed by atoms with Crippen LogP contribution in [0.1, 0.15) is 42.3 Å². The zero-order valence-electron chi connectivity index (χ0n) is 13.9. The summed E-state index contributed by atoms with van der Waals surface area (Å²) in [4.78, 5) is 15.1. The Morgan fingerprint density at radius 1 is 1.29 bits per heavy atom. The van der Waals surface area contributed by atoms with E-state index in [1.54, 1.807) is 16.3 Å². The monoisotopic (exact) mass is 372 g/mol. The van der Waals surface area contributed by atoms with Gasteiger partial charge >= 0.3 is 0 Å². The van der Waals surface area contributed by atoms with Crippen LogP contribution >= 0.6 is 11.3 Å². The maximum Gasteiger partial charge on any atom is 0.265 e. The highest BCUT2D eigenvalue weighted by molar-refractivity contribution is 7.89. The van der Waals surface area contributed by atoms with Crippen molar-refractivity contribution in [2.45, 2.75) is 43.6 Å². The molecule has 0 N–H and O–H groups in total. The van der Waals surface area contributed by atoms with Crippen molar-refractivity contribution in [1.29, 1.82) is 0 Å². The van der Waals surface area contributed by atoms with Crippen molar-refractivity contribution in [2.75, 3.05) is 32.8 Å². The molecule has 3 heterocycles. The van der Waals surface area contributed by atoms with E-state index in [0.29, 0.717) is 37.7 Å². The largest absolute Gasteiger partial charge is 0.375 e. The Balaban J connectivity index is 1.83. The van der Waals surface area contributed by atoms with Gasteiger partial charge in [0.2, 0.25) is 10.0 Å². The van der Waals surface area contributed by atoms with Crippen LogP contribution in [0.2, 0.25) is 0 Å². The second kappa shape index (κ2) is 7.51. The maximum absolute atomic E-state index is 12.9. The molecule has 2 saturated heterocycles. The van der Waals surface area contributed by atoms with Crippen LogP contribution in [0, 0.1) is 0 Å². The van der Waals surface area contributed by atoms with Gasteiger partial charge in [0, 0.05) is 26.2 Å². The van der Waals surface area contributed by atoms with Gasteiger partial charge in [-0.3, -0.25) is 4.79 Å². The molecule has 1 aromatic heterocycles. The van der Waals surface area contributed by atoms with Gasteiger partial charge in [-0.15, -0.1) is 11.3 Å². The number of carbonyl (C=O) groups is 1. The molecule has 0 radical (unpaired) electrons. The molecule has 2 aliphatic heterocycles. The van der Waals surface area contributed by atoms with E-state index in [1.807, 2.05) is 6.92 Å². The fourth-order valence-electron chi connectivity index (χ4n) is 3.20. The fourth-order valence-corrected chi connectivity index (χ4v) is 6.07. The van der Waals surface area contributed by atoms with Gasteiger partial charge in [0.05, 0.1) is 12.7 Å². The van der Waals surface area contributed by atoms with Gasteiger partial charge in [0.15, 0.2) is 0 Å². The third kappa shape index (κ3) is 3.51. The molecule has 1 aromatic rings. The predicted octanol–water partition coefficient (Wildman–Crippen LogP) is 2.17. The first-order valence-corrected chi connectivity index (χ1v) is 10.8. The van der Waals surface area contributed by atoms with Gasteiger partial charge in [-0.2, -0.15) is 4.31 Å².